The number of hydrogen-bond donors (Lipinski definition) is 3. The molecule has 1 heterocycles. The molecule has 4 aromatic rings. The van der Waals surface area contributed by atoms with Crippen LogP contribution in [0.25, 0.3) is 10.9 Å². The Morgan fingerprint density at radius 3 is 2.47 bits per heavy atom. The van der Waals surface area contributed by atoms with Gasteiger partial charge in [-0.25, -0.2) is 0 Å². The Bertz CT molecular complexity index is 1200. The van der Waals surface area contributed by atoms with E-state index in [0.29, 0.717) is 32.9 Å². The quantitative estimate of drug-likeness (QED) is 0.346. The molecule has 0 fully saturated rings. The van der Waals surface area contributed by atoms with Gasteiger partial charge in [0.2, 0.25) is 0 Å². The lowest BCUT2D eigenvalue weighted by Crippen LogP contribution is -2.12. The van der Waals surface area contributed by atoms with Crippen LogP contribution >= 0.6 is 15.9 Å². The maximum atomic E-state index is 12.5. The summed E-state index contributed by atoms with van der Waals surface area (Å²) >= 11 is 3.40. The van der Waals surface area contributed by atoms with Crippen LogP contribution in [0.4, 0.5) is 5.69 Å². The second-order valence-electron chi connectivity index (χ2n) is 6.69. The number of para-hydroxylation sites is 1. The molecule has 1 amide bonds. The van der Waals surface area contributed by atoms with Gasteiger partial charge in [-0.3, -0.25) is 9.59 Å². The summed E-state index contributed by atoms with van der Waals surface area (Å²) in [5, 5.41) is 12.7. The number of nitrogens with one attached hydrogen (secondary N) is 2. The summed E-state index contributed by atoms with van der Waals surface area (Å²) in [4.78, 5) is 26.4. The smallest absolute Gasteiger partial charge is 0.307 e. The minimum absolute atomic E-state index is 0.0519. The Hall–Kier alpha value is -3.58. The molecule has 0 atom stereocenters. The van der Waals surface area contributed by atoms with Crippen molar-refractivity contribution in [3.05, 3.63) is 88.5 Å². The molecule has 0 unspecified atom stereocenters. The molecule has 0 spiro atoms. The van der Waals surface area contributed by atoms with Crippen molar-refractivity contribution in [3.63, 3.8) is 0 Å². The zero-order valence-electron chi connectivity index (χ0n) is 15.7. The number of halogens is 1. The van der Waals surface area contributed by atoms with Crippen molar-refractivity contribution in [2.24, 2.45) is 0 Å². The number of rotatable bonds is 6. The second-order valence-corrected chi connectivity index (χ2v) is 7.54. The van der Waals surface area contributed by atoms with Crippen molar-refractivity contribution in [1.29, 1.82) is 0 Å². The van der Waals surface area contributed by atoms with E-state index in [1.807, 2.05) is 30.3 Å². The molecule has 7 heteroatoms. The number of aromatic amines is 1. The predicted molar refractivity (Wildman–Crippen MR) is 118 cm³/mol. The number of hydrogen-bond acceptors (Lipinski definition) is 3. The van der Waals surface area contributed by atoms with E-state index in [4.69, 9.17) is 9.84 Å². The number of carbonyl (C=O) groups is 2. The molecule has 30 heavy (non-hydrogen) atoms. The SMILES string of the molecule is O=C(O)Cc1ccc(Oc2ccc(NC(=O)c3cc4ccccc4[nH]3)cc2)c(Br)c1. The highest BCUT2D eigenvalue weighted by Gasteiger charge is 2.10. The van der Waals surface area contributed by atoms with Crippen LogP contribution in [0.5, 0.6) is 11.5 Å². The third kappa shape index (κ3) is 4.52. The largest absolute Gasteiger partial charge is 0.481 e. The zero-order chi connectivity index (χ0) is 21.1. The van der Waals surface area contributed by atoms with Crippen molar-refractivity contribution in [2.75, 3.05) is 5.32 Å². The summed E-state index contributed by atoms with van der Waals surface area (Å²) in [6.45, 7) is 0. The molecule has 0 aliphatic rings. The van der Waals surface area contributed by atoms with E-state index in [9.17, 15) is 9.59 Å². The number of amides is 1. The number of carboxylic acids is 1. The highest BCUT2D eigenvalue weighted by Crippen LogP contribution is 2.31. The summed E-state index contributed by atoms with van der Waals surface area (Å²) in [6, 6.07) is 21.7. The van der Waals surface area contributed by atoms with Crippen molar-refractivity contribution in [1.82, 2.24) is 4.98 Å². The average molecular weight is 465 g/mol. The van der Waals surface area contributed by atoms with E-state index in [2.05, 4.69) is 26.2 Å². The summed E-state index contributed by atoms with van der Waals surface area (Å²) < 4.78 is 6.50. The minimum Gasteiger partial charge on any atom is -0.481 e. The average Bonchev–Trinajstić information content (AvgIpc) is 3.15. The second kappa shape index (κ2) is 8.42. The van der Waals surface area contributed by atoms with Gasteiger partial charge in [-0.1, -0.05) is 24.3 Å². The van der Waals surface area contributed by atoms with Crippen LogP contribution in [0.3, 0.4) is 0 Å². The molecule has 0 aliphatic carbocycles. The van der Waals surface area contributed by atoms with E-state index in [1.54, 1.807) is 42.5 Å². The van der Waals surface area contributed by atoms with Crippen LogP contribution in [-0.2, 0) is 11.2 Å². The third-order valence-electron chi connectivity index (χ3n) is 4.47. The van der Waals surface area contributed by atoms with Crippen LogP contribution in [0, 0.1) is 0 Å². The lowest BCUT2D eigenvalue weighted by atomic mass is 10.1. The molecule has 150 valence electrons. The van der Waals surface area contributed by atoms with Crippen molar-refractivity contribution < 1.29 is 19.4 Å². The van der Waals surface area contributed by atoms with Gasteiger partial charge in [-0.05, 0) is 70.0 Å². The van der Waals surface area contributed by atoms with E-state index < -0.39 is 5.97 Å². The molecule has 4 rings (SSSR count). The number of H-pyrrole nitrogens is 1. The fraction of sp³-hybridized carbons (Fsp3) is 0.0435. The molecule has 0 aliphatic heterocycles. The van der Waals surface area contributed by atoms with Crippen molar-refractivity contribution >= 4 is 44.4 Å². The molecule has 0 saturated heterocycles. The van der Waals surface area contributed by atoms with Crippen molar-refractivity contribution in [2.45, 2.75) is 6.42 Å². The summed E-state index contributed by atoms with van der Waals surface area (Å²) in [7, 11) is 0. The number of aromatic nitrogens is 1. The fourth-order valence-corrected chi connectivity index (χ4v) is 3.55. The Morgan fingerprint density at radius 1 is 1.00 bits per heavy atom. The number of aliphatic carboxylic acids is 1. The summed E-state index contributed by atoms with van der Waals surface area (Å²) in [5.41, 5.74) is 2.71. The van der Waals surface area contributed by atoms with Gasteiger partial charge in [0.05, 0.1) is 10.9 Å². The third-order valence-corrected chi connectivity index (χ3v) is 5.09. The molecule has 0 bridgehead atoms. The van der Waals surface area contributed by atoms with Crippen LogP contribution in [-0.4, -0.2) is 22.0 Å². The maximum Gasteiger partial charge on any atom is 0.307 e. The summed E-state index contributed by atoms with van der Waals surface area (Å²) in [6.07, 6.45) is -0.0519. The van der Waals surface area contributed by atoms with Crippen LogP contribution in [0.1, 0.15) is 16.1 Å². The molecular formula is C23H17BrN2O4. The first kappa shape index (κ1) is 19.7. The van der Waals surface area contributed by atoms with Gasteiger partial charge in [0.15, 0.2) is 0 Å². The van der Waals surface area contributed by atoms with E-state index in [1.165, 1.54) is 0 Å². The number of carbonyl (C=O) groups excluding carboxylic acids is 1. The van der Waals surface area contributed by atoms with Gasteiger partial charge in [0.1, 0.15) is 17.2 Å². The lowest BCUT2D eigenvalue weighted by molar-refractivity contribution is -0.136. The normalized spacial score (nSPS) is 10.7. The molecule has 3 N–H and O–H groups in total. The maximum absolute atomic E-state index is 12.5. The van der Waals surface area contributed by atoms with E-state index in [0.717, 1.165) is 10.9 Å². The predicted octanol–water partition coefficient (Wildman–Crippen LogP) is 5.60. The van der Waals surface area contributed by atoms with Gasteiger partial charge in [-0.15, -0.1) is 0 Å². The first-order chi connectivity index (χ1) is 14.5. The number of fused-ring (bicyclic) bond motifs is 1. The Balaban J connectivity index is 1.42. The Morgan fingerprint density at radius 2 is 1.77 bits per heavy atom. The Labute approximate surface area is 180 Å². The van der Waals surface area contributed by atoms with Crippen molar-refractivity contribution in [3.8, 4) is 11.5 Å². The standard InChI is InChI=1S/C23H17BrN2O4/c24-18-11-14(12-22(27)28)5-10-21(18)30-17-8-6-16(7-9-17)25-23(29)20-13-15-3-1-2-4-19(15)26-20/h1-11,13,26H,12H2,(H,25,29)(H,27,28). The van der Waals surface area contributed by atoms with Crippen LogP contribution in [0.15, 0.2) is 77.3 Å². The fourth-order valence-electron chi connectivity index (χ4n) is 3.04. The zero-order valence-corrected chi connectivity index (χ0v) is 17.3. The first-order valence-electron chi connectivity index (χ1n) is 9.15. The topological polar surface area (TPSA) is 91.4 Å². The lowest BCUT2D eigenvalue weighted by Gasteiger charge is -2.10. The number of ether oxygens (including phenoxy) is 1. The monoisotopic (exact) mass is 464 g/mol. The molecule has 3 aromatic carbocycles. The van der Waals surface area contributed by atoms with E-state index in [-0.39, 0.29) is 12.3 Å². The molecule has 1 aromatic heterocycles. The highest BCUT2D eigenvalue weighted by molar-refractivity contribution is 9.10. The van der Waals surface area contributed by atoms with Crippen LogP contribution < -0.4 is 10.1 Å². The Kier molecular flexibility index (Phi) is 5.54. The van der Waals surface area contributed by atoms with E-state index >= 15 is 0 Å². The minimum atomic E-state index is -0.888. The summed E-state index contributed by atoms with van der Waals surface area (Å²) in [5.74, 6) is 0.0431. The molecule has 0 radical (unpaired) electrons. The van der Waals surface area contributed by atoms with Gasteiger partial charge in [0.25, 0.3) is 5.91 Å². The van der Waals surface area contributed by atoms with Gasteiger partial charge in [0, 0.05) is 16.6 Å². The van der Waals surface area contributed by atoms with Gasteiger partial charge in [-0.2, -0.15) is 0 Å². The van der Waals surface area contributed by atoms with Gasteiger partial charge >= 0.3 is 5.97 Å². The number of benzene rings is 3. The molecule has 6 nitrogen and oxygen atoms in total. The molecule has 0 saturated carbocycles. The molecular weight excluding hydrogens is 448 g/mol. The van der Waals surface area contributed by atoms with Crippen LogP contribution in [0.2, 0.25) is 0 Å². The first-order valence-corrected chi connectivity index (χ1v) is 9.94. The number of anilines is 1. The highest BCUT2D eigenvalue weighted by atomic mass is 79.9. The van der Waals surface area contributed by atoms with Gasteiger partial charge < -0.3 is 20.1 Å². The number of carboxylic acid groups (broad SMARTS) is 1.